The molecule has 7 heteroatoms. The van der Waals surface area contributed by atoms with Gasteiger partial charge in [-0.05, 0) is 36.8 Å². The molecule has 3 rings (SSSR count). The molecule has 28 heavy (non-hydrogen) atoms. The van der Waals surface area contributed by atoms with Gasteiger partial charge in [-0.3, -0.25) is 19.9 Å². The zero-order valence-corrected chi connectivity index (χ0v) is 15.5. The standard InChI is InChI=1S/C21H20N4O3/c1-14-6-5-7-15(12-14)20(18-8-3-4-11-23-18)24-17-10-9-16(21(26)22-2)13-19(17)25(27)28/h3-13,20,24H,1-2H3,(H,22,26). The summed E-state index contributed by atoms with van der Waals surface area (Å²) in [4.78, 5) is 27.4. The maximum Gasteiger partial charge on any atom is 0.293 e. The van der Waals surface area contributed by atoms with Gasteiger partial charge in [0.2, 0.25) is 0 Å². The molecule has 2 aromatic carbocycles. The summed E-state index contributed by atoms with van der Waals surface area (Å²) in [6.45, 7) is 1.99. The number of nitrogens with zero attached hydrogens (tertiary/aromatic N) is 2. The van der Waals surface area contributed by atoms with Gasteiger partial charge in [0, 0.05) is 24.9 Å². The Hall–Kier alpha value is -3.74. The van der Waals surface area contributed by atoms with Crippen LogP contribution in [0, 0.1) is 17.0 Å². The van der Waals surface area contributed by atoms with Crippen molar-refractivity contribution < 1.29 is 9.72 Å². The van der Waals surface area contributed by atoms with E-state index in [9.17, 15) is 14.9 Å². The van der Waals surface area contributed by atoms with Crippen LogP contribution in [0.3, 0.4) is 0 Å². The maximum absolute atomic E-state index is 11.8. The van der Waals surface area contributed by atoms with Gasteiger partial charge in [0.25, 0.3) is 11.6 Å². The Morgan fingerprint density at radius 2 is 1.93 bits per heavy atom. The van der Waals surface area contributed by atoms with Crippen LogP contribution < -0.4 is 10.6 Å². The van der Waals surface area contributed by atoms with Crippen molar-refractivity contribution >= 4 is 17.3 Å². The number of nitrogens with one attached hydrogen (secondary N) is 2. The highest BCUT2D eigenvalue weighted by atomic mass is 16.6. The van der Waals surface area contributed by atoms with Crippen molar-refractivity contribution in [2.24, 2.45) is 0 Å². The van der Waals surface area contributed by atoms with E-state index in [4.69, 9.17) is 0 Å². The summed E-state index contributed by atoms with van der Waals surface area (Å²) in [5.74, 6) is -0.380. The number of aromatic nitrogens is 1. The van der Waals surface area contributed by atoms with Crippen LogP contribution in [0.25, 0.3) is 0 Å². The van der Waals surface area contributed by atoms with Crippen molar-refractivity contribution in [2.45, 2.75) is 13.0 Å². The minimum absolute atomic E-state index is 0.172. The number of aryl methyl sites for hydroxylation is 1. The van der Waals surface area contributed by atoms with E-state index >= 15 is 0 Å². The van der Waals surface area contributed by atoms with Crippen LogP contribution in [-0.4, -0.2) is 22.9 Å². The molecule has 0 bridgehead atoms. The van der Waals surface area contributed by atoms with E-state index in [0.29, 0.717) is 5.69 Å². The monoisotopic (exact) mass is 376 g/mol. The molecule has 0 radical (unpaired) electrons. The van der Waals surface area contributed by atoms with Gasteiger partial charge < -0.3 is 10.6 Å². The second kappa shape index (κ2) is 8.30. The van der Waals surface area contributed by atoms with Crippen LogP contribution in [0.5, 0.6) is 0 Å². The number of carbonyl (C=O) groups is 1. The van der Waals surface area contributed by atoms with Crippen LogP contribution in [0.2, 0.25) is 0 Å². The fraction of sp³-hybridized carbons (Fsp3) is 0.143. The van der Waals surface area contributed by atoms with Gasteiger partial charge in [-0.1, -0.05) is 35.9 Å². The number of hydrogen-bond acceptors (Lipinski definition) is 5. The van der Waals surface area contributed by atoms with Crippen LogP contribution in [0.15, 0.2) is 66.9 Å². The highest BCUT2D eigenvalue weighted by molar-refractivity contribution is 5.95. The third-order valence-electron chi connectivity index (χ3n) is 4.34. The number of benzene rings is 2. The third kappa shape index (κ3) is 4.15. The lowest BCUT2D eigenvalue weighted by molar-refractivity contribution is -0.384. The Morgan fingerprint density at radius 1 is 1.11 bits per heavy atom. The molecule has 3 aromatic rings. The second-order valence-corrected chi connectivity index (χ2v) is 6.31. The summed E-state index contributed by atoms with van der Waals surface area (Å²) >= 11 is 0. The maximum atomic E-state index is 11.8. The van der Waals surface area contributed by atoms with E-state index in [1.165, 1.54) is 13.1 Å². The smallest absolute Gasteiger partial charge is 0.293 e. The molecule has 0 aliphatic heterocycles. The molecule has 1 unspecified atom stereocenters. The van der Waals surface area contributed by atoms with E-state index in [1.807, 2.05) is 49.4 Å². The van der Waals surface area contributed by atoms with Crippen LogP contribution >= 0.6 is 0 Å². The predicted molar refractivity (Wildman–Crippen MR) is 107 cm³/mol. The first-order valence-electron chi connectivity index (χ1n) is 8.74. The van der Waals surface area contributed by atoms with Crippen molar-refractivity contribution in [1.29, 1.82) is 0 Å². The Kier molecular flexibility index (Phi) is 5.64. The largest absolute Gasteiger partial charge is 0.367 e. The van der Waals surface area contributed by atoms with Crippen molar-refractivity contribution in [3.8, 4) is 0 Å². The van der Waals surface area contributed by atoms with E-state index in [2.05, 4.69) is 15.6 Å². The van der Waals surface area contributed by atoms with Crippen molar-refractivity contribution in [2.75, 3.05) is 12.4 Å². The first-order valence-corrected chi connectivity index (χ1v) is 8.74. The summed E-state index contributed by atoms with van der Waals surface area (Å²) in [5, 5.41) is 17.3. The van der Waals surface area contributed by atoms with E-state index in [-0.39, 0.29) is 23.2 Å². The molecule has 0 saturated carbocycles. The number of anilines is 1. The normalized spacial score (nSPS) is 11.5. The Labute approximate surface area is 162 Å². The van der Waals surface area contributed by atoms with Gasteiger partial charge in [0.05, 0.1) is 16.7 Å². The molecule has 0 aliphatic carbocycles. The molecule has 1 amide bonds. The van der Waals surface area contributed by atoms with Crippen LogP contribution in [0.4, 0.5) is 11.4 Å². The molecule has 0 spiro atoms. The Bertz CT molecular complexity index is 1010. The van der Waals surface area contributed by atoms with E-state index in [1.54, 1.807) is 18.3 Å². The summed E-state index contributed by atoms with van der Waals surface area (Å²) in [7, 11) is 1.48. The first kappa shape index (κ1) is 19.0. The van der Waals surface area contributed by atoms with Crippen molar-refractivity contribution in [3.05, 3.63) is 99.4 Å². The quantitative estimate of drug-likeness (QED) is 0.503. The second-order valence-electron chi connectivity index (χ2n) is 6.31. The molecule has 7 nitrogen and oxygen atoms in total. The van der Waals surface area contributed by atoms with Gasteiger partial charge in [0.1, 0.15) is 5.69 Å². The molecule has 142 valence electrons. The lowest BCUT2D eigenvalue weighted by atomic mass is 10.00. The number of rotatable bonds is 6. The summed E-state index contributed by atoms with van der Waals surface area (Å²) in [6, 6.07) is 17.4. The van der Waals surface area contributed by atoms with Gasteiger partial charge >= 0.3 is 0 Å². The third-order valence-corrected chi connectivity index (χ3v) is 4.34. The number of hydrogen-bond donors (Lipinski definition) is 2. The lowest BCUT2D eigenvalue weighted by Gasteiger charge is -2.20. The zero-order chi connectivity index (χ0) is 20.1. The van der Waals surface area contributed by atoms with Crippen LogP contribution in [0.1, 0.15) is 33.2 Å². The SMILES string of the molecule is CNC(=O)c1ccc(NC(c2cccc(C)c2)c2ccccn2)c([N+](=O)[O-])c1. The molecule has 2 N–H and O–H groups in total. The van der Waals surface area contributed by atoms with Gasteiger partial charge in [-0.25, -0.2) is 0 Å². The van der Waals surface area contributed by atoms with Crippen LogP contribution in [-0.2, 0) is 0 Å². The number of carbonyl (C=O) groups excluding carboxylic acids is 1. The first-order chi connectivity index (χ1) is 13.5. The molecule has 1 aromatic heterocycles. The fourth-order valence-corrected chi connectivity index (χ4v) is 2.97. The molecule has 0 saturated heterocycles. The van der Waals surface area contributed by atoms with Gasteiger partial charge in [0.15, 0.2) is 0 Å². The molecular weight excluding hydrogens is 356 g/mol. The molecule has 1 heterocycles. The van der Waals surface area contributed by atoms with E-state index < -0.39 is 4.92 Å². The average Bonchev–Trinajstić information content (AvgIpc) is 2.72. The number of nitro benzene ring substituents is 1. The molecule has 0 fully saturated rings. The summed E-state index contributed by atoms with van der Waals surface area (Å²) < 4.78 is 0. The summed E-state index contributed by atoms with van der Waals surface area (Å²) in [5.41, 5.74) is 3.11. The highest BCUT2D eigenvalue weighted by Gasteiger charge is 2.22. The molecule has 1 atom stereocenters. The number of pyridine rings is 1. The highest BCUT2D eigenvalue weighted by Crippen LogP contribution is 2.32. The lowest BCUT2D eigenvalue weighted by Crippen LogP contribution is -2.19. The fourth-order valence-electron chi connectivity index (χ4n) is 2.97. The van der Waals surface area contributed by atoms with Crippen molar-refractivity contribution in [1.82, 2.24) is 10.3 Å². The minimum Gasteiger partial charge on any atom is -0.367 e. The predicted octanol–water partition coefficient (Wildman–Crippen LogP) is 3.86. The molecule has 0 aliphatic rings. The average molecular weight is 376 g/mol. The van der Waals surface area contributed by atoms with Gasteiger partial charge in [-0.15, -0.1) is 0 Å². The van der Waals surface area contributed by atoms with E-state index in [0.717, 1.165) is 16.8 Å². The topological polar surface area (TPSA) is 97.2 Å². The Balaban J connectivity index is 2.06. The minimum atomic E-state index is -0.500. The van der Waals surface area contributed by atoms with Gasteiger partial charge in [-0.2, -0.15) is 0 Å². The number of amides is 1. The zero-order valence-electron chi connectivity index (χ0n) is 15.5. The summed E-state index contributed by atoms with van der Waals surface area (Å²) in [6.07, 6.45) is 1.68. The van der Waals surface area contributed by atoms with Crippen molar-refractivity contribution in [3.63, 3.8) is 0 Å². The number of nitro groups is 1. The molecular formula is C21H20N4O3. The Morgan fingerprint density at radius 3 is 2.57 bits per heavy atom.